The van der Waals surface area contributed by atoms with E-state index in [0.29, 0.717) is 12.7 Å². The monoisotopic (exact) mass is 326 g/mol. The molecule has 5 aliphatic rings. The molecule has 0 N–H and O–H groups in total. The van der Waals surface area contributed by atoms with Crippen molar-refractivity contribution < 1.29 is 9.47 Å². The van der Waals surface area contributed by atoms with Gasteiger partial charge in [-0.3, -0.25) is 0 Å². The van der Waals surface area contributed by atoms with E-state index < -0.39 is 0 Å². The maximum atomic E-state index is 5.41. The Labute approximate surface area is 141 Å². The van der Waals surface area contributed by atoms with Crippen LogP contribution in [0.4, 0.5) is 0 Å². The van der Waals surface area contributed by atoms with Crippen molar-refractivity contribution in [2.45, 2.75) is 6.92 Å². The Morgan fingerprint density at radius 3 is 2.62 bits per heavy atom. The predicted octanol–water partition coefficient (Wildman–Crippen LogP) is 1.46. The maximum Gasteiger partial charge on any atom is 0.231 e. The minimum atomic E-state index is 0.143. The summed E-state index contributed by atoms with van der Waals surface area (Å²) in [5, 5.41) is 9.10. The van der Waals surface area contributed by atoms with Crippen LogP contribution < -0.4 is 9.47 Å². The second kappa shape index (κ2) is 5.29. The van der Waals surface area contributed by atoms with Crippen molar-refractivity contribution in [3.8, 4) is 11.5 Å². The van der Waals surface area contributed by atoms with Crippen molar-refractivity contribution in [2.24, 2.45) is 21.5 Å². The van der Waals surface area contributed by atoms with Gasteiger partial charge in [-0.15, -0.1) is 0 Å². The summed E-state index contributed by atoms with van der Waals surface area (Å²) in [4.78, 5) is 5.19. The first-order chi connectivity index (χ1) is 11.7. The van der Waals surface area contributed by atoms with Gasteiger partial charge >= 0.3 is 0 Å². The molecule has 126 valence electrons. The van der Waals surface area contributed by atoms with Crippen molar-refractivity contribution in [2.75, 3.05) is 46.1 Å². The molecule has 0 aliphatic carbocycles. The smallest absolute Gasteiger partial charge is 0.231 e. The van der Waals surface area contributed by atoms with Crippen molar-refractivity contribution in [1.29, 1.82) is 0 Å². The Morgan fingerprint density at radius 2 is 1.88 bits per heavy atom. The van der Waals surface area contributed by atoms with Gasteiger partial charge in [-0.2, -0.15) is 10.2 Å². The minimum Gasteiger partial charge on any atom is -0.454 e. The molecule has 6 heteroatoms. The third-order valence-corrected chi connectivity index (χ3v) is 5.61. The summed E-state index contributed by atoms with van der Waals surface area (Å²) in [5.74, 6) is 2.10. The highest BCUT2D eigenvalue weighted by atomic mass is 16.7. The van der Waals surface area contributed by atoms with Crippen molar-refractivity contribution in [3.63, 3.8) is 0 Å². The highest BCUT2D eigenvalue weighted by Crippen LogP contribution is 2.38. The van der Waals surface area contributed by atoms with Crippen LogP contribution in [0.3, 0.4) is 0 Å². The fraction of sp³-hybridized carbons (Fsp3) is 0.556. The second-order valence-electron chi connectivity index (χ2n) is 7.57. The van der Waals surface area contributed by atoms with Gasteiger partial charge in [0.05, 0.1) is 11.9 Å². The molecular formula is C18H22N4O2. The van der Waals surface area contributed by atoms with Gasteiger partial charge in [0.2, 0.25) is 6.79 Å². The standard InChI is InChI=1S/C18H22N4O2/c1-18-10-21-4-5-22(11-18)9-14(8-21)17(18)20-19-7-13-2-3-15-16(6-13)24-12-23-15/h2-3,6-7,14H,4-5,8-12H2,1H3/b19-7-,20-17+. The van der Waals surface area contributed by atoms with Crippen LogP contribution in [-0.2, 0) is 0 Å². The van der Waals surface area contributed by atoms with E-state index in [1.807, 2.05) is 24.4 Å². The summed E-state index contributed by atoms with van der Waals surface area (Å²) >= 11 is 0. The summed E-state index contributed by atoms with van der Waals surface area (Å²) < 4.78 is 10.8. The highest BCUT2D eigenvalue weighted by molar-refractivity contribution is 5.95. The molecule has 5 heterocycles. The lowest BCUT2D eigenvalue weighted by atomic mass is 9.72. The van der Waals surface area contributed by atoms with Crippen LogP contribution in [0.15, 0.2) is 28.4 Å². The van der Waals surface area contributed by atoms with Crippen LogP contribution in [0, 0.1) is 11.3 Å². The van der Waals surface area contributed by atoms with E-state index >= 15 is 0 Å². The van der Waals surface area contributed by atoms with Gasteiger partial charge in [-0.05, 0) is 23.8 Å². The predicted molar refractivity (Wildman–Crippen MR) is 92.1 cm³/mol. The van der Waals surface area contributed by atoms with Crippen LogP contribution in [0.25, 0.3) is 0 Å². The lowest BCUT2D eigenvalue weighted by molar-refractivity contribution is 0.130. The average Bonchev–Trinajstić information content (AvgIpc) is 2.89. The molecule has 1 aromatic carbocycles. The number of hydrogen-bond acceptors (Lipinski definition) is 6. The van der Waals surface area contributed by atoms with Crippen LogP contribution in [-0.4, -0.2) is 67.8 Å². The topological polar surface area (TPSA) is 49.7 Å². The maximum absolute atomic E-state index is 5.41. The molecule has 0 saturated carbocycles. The van der Waals surface area contributed by atoms with E-state index in [1.165, 1.54) is 18.8 Å². The summed E-state index contributed by atoms with van der Waals surface area (Å²) in [6.07, 6.45) is 1.82. The number of benzene rings is 1. The van der Waals surface area contributed by atoms with Crippen LogP contribution in [0.1, 0.15) is 12.5 Å². The summed E-state index contributed by atoms with van der Waals surface area (Å²) in [5.41, 5.74) is 2.42. The van der Waals surface area contributed by atoms with E-state index in [1.54, 1.807) is 0 Å². The molecular weight excluding hydrogens is 304 g/mol. The number of fused-ring (bicyclic) bond motifs is 2. The lowest BCUT2D eigenvalue weighted by Crippen LogP contribution is -2.59. The van der Waals surface area contributed by atoms with Crippen LogP contribution >= 0.6 is 0 Å². The zero-order valence-electron chi connectivity index (χ0n) is 13.9. The third kappa shape index (κ3) is 2.32. The third-order valence-electron chi connectivity index (χ3n) is 5.61. The van der Waals surface area contributed by atoms with E-state index in [0.717, 1.165) is 43.2 Å². The van der Waals surface area contributed by atoms with Crippen LogP contribution in [0.2, 0.25) is 0 Å². The van der Waals surface area contributed by atoms with Crippen molar-refractivity contribution in [3.05, 3.63) is 23.8 Å². The molecule has 5 aliphatic heterocycles. The molecule has 0 radical (unpaired) electrons. The fourth-order valence-corrected chi connectivity index (χ4v) is 4.65. The molecule has 1 aromatic rings. The van der Waals surface area contributed by atoms with Gasteiger partial charge in [0.25, 0.3) is 0 Å². The Balaban J connectivity index is 1.40. The lowest BCUT2D eigenvalue weighted by Gasteiger charge is -2.48. The first kappa shape index (κ1) is 14.4. The van der Waals surface area contributed by atoms with Gasteiger partial charge in [0.15, 0.2) is 11.5 Å². The minimum absolute atomic E-state index is 0.143. The van der Waals surface area contributed by atoms with Gasteiger partial charge in [0.1, 0.15) is 0 Å². The van der Waals surface area contributed by atoms with E-state index in [4.69, 9.17) is 9.47 Å². The quantitative estimate of drug-likeness (QED) is 0.610. The summed E-state index contributed by atoms with van der Waals surface area (Å²) in [7, 11) is 0. The van der Waals surface area contributed by atoms with Gasteiger partial charge in [0, 0.05) is 50.6 Å². The second-order valence-corrected chi connectivity index (χ2v) is 7.57. The molecule has 0 amide bonds. The molecule has 4 bridgehead atoms. The zero-order valence-corrected chi connectivity index (χ0v) is 13.9. The molecule has 24 heavy (non-hydrogen) atoms. The first-order valence-electron chi connectivity index (χ1n) is 8.65. The summed E-state index contributed by atoms with van der Waals surface area (Å²) in [6, 6.07) is 5.86. The molecule has 2 unspecified atom stereocenters. The average molecular weight is 326 g/mol. The Bertz CT molecular complexity index is 714. The Hall–Kier alpha value is -1.92. The molecule has 0 aromatic heterocycles. The molecule has 0 spiro atoms. The molecule has 6 nitrogen and oxygen atoms in total. The molecule has 4 saturated heterocycles. The van der Waals surface area contributed by atoms with Gasteiger partial charge in [-0.1, -0.05) is 6.92 Å². The number of ether oxygens (including phenoxy) is 2. The number of hydrogen-bond donors (Lipinski definition) is 0. The van der Waals surface area contributed by atoms with Crippen molar-refractivity contribution in [1.82, 2.24) is 9.80 Å². The zero-order chi connectivity index (χ0) is 16.1. The largest absolute Gasteiger partial charge is 0.454 e. The van der Waals surface area contributed by atoms with Crippen LogP contribution in [0.5, 0.6) is 11.5 Å². The SMILES string of the molecule is CC12CN3CCN(CC(C3)/C1=N\N=C/c1ccc3c(c1)OCO3)C2. The summed E-state index contributed by atoms with van der Waals surface area (Å²) in [6.45, 7) is 9.51. The number of rotatable bonds is 2. The van der Waals surface area contributed by atoms with Crippen molar-refractivity contribution >= 4 is 11.9 Å². The number of nitrogens with zero attached hydrogens (tertiary/aromatic N) is 4. The van der Waals surface area contributed by atoms with E-state index in [2.05, 4.69) is 26.9 Å². The molecule has 2 atom stereocenters. The highest BCUT2D eigenvalue weighted by Gasteiger charge is 2.49. The van der Waals surface area contributed by atoms with Gasteiger partial charge in [-0.25, -0.2) is 0 Å². The Morgan fingerprint density at radius 1 is 1.12 bits per heavy atom. The van der Waals surface area contributed by atoms with E-state index in [9.17, 15) is 0 Å². The van der Waals surface area contributed by atoms with Gasteiger partial charge < -0.3 is 19.3 Å². The number of piperidine rings is 2. The fourth-order valence-electron chi connectivity index (χ4n) is 4.65. The molecule has 4 fully saturated rings. The normalized spacial score (nSPS) is 38.2. The molecule has 6 rings (SSSR count). The first-order valence-corrected chi connectivity index (χ1v) is 8.65. The van der Waals surface area contributed by atoms with E-state index in [-0.39, 0.29) is 5.41 Å². The Kier molecular flexibility index (Phi) is 3.18.